The SMILES string of the molecule is CC(CNC(=O)c1ccc(CN)cc1)C(C)(C)C. The fourth-order valence-corrected chi connectivity index (χ4v) is 1.45. The Balaban J connectivity index is 2.55. The van der Waals surface area contributed by atoms with Gasteiger partial charge in [-0.3, -0.25) is 4.79 Å². The first-order chi connectivity index (χ1) is 8.34. The van der Waals surface area contributed by atoms with Gasteiger partial charge in [-0.2, -0.15) is 0 Å². The van der Waals surface area contributed by atoms with Gasteiger partial charge in [0, 0.05) is 18.7 Å². The fourth-order valence-electron chi connectivity index (χ4n) is 1.45. The maximum atomic E-state index is 11.9. The molecule has 0 fully saturated rings. The zero-order valence-electron chi connectivity index (χ0n) is 11.8. The number of hydrogen-bond acceptors (Lipinski definition) is 2. The Hall–Kier alpha value is -1.35. The van der Waals surface area contributed by atoms with Crippen LogP contribution < -0.4 is 11.1 Å². The predicted molar refractivity (Wildman–Crippen MR) is 75.3 cm³/mol. The van der Waals surface area contributed by atoms with Gasteiger partial charge in [-0.05, 0) is 29.0 Å². The summed E-state index contributed by atoms with van der Waals surface area (Å²) in [7, 11) is 0. The van der Waals surface area contributed by atoms with Crippen molar-refractivity contribution in [3.8, 4) is 0 Å². The molecule has 3 nitrogen and oxygen atoms in total. The second-order valence-corrected chi connectivity index (χ2v) is 5.88. The molecule has 0 radical (unpaired) electrons. The van der Waals surface area contributed by atoms with Gasteiger partial charge in [0.1, 0.15) is 0 Å². The molecule has 1 atom stereocenters. The Bertz CT molecular complexity index is 390. The second-order valence-electron chi connectivity index (χ2n) is 5.88. The Labute approximate surface area is 110 Å². The normalized spacial score (nSPS) is 13.2. The highest BCUT2D eigenvalue weighted by molar-refractivity contribution is 5.94. The molecule has 3 heteroatoms. The number of nitrogens with one attached hydrogen (secondary N) is 1. The topological polar surface area (TPSA) is 55.1 Å². The summed E-state index contributed by atoms with van der Waals surface area (Å²) in [5.74, 6) is 0.416. The molecule has 0 aliphatic rings. The minimum absolute atomic E-state index is 0.0188. The van der Waals surface area contributed by atoms with Gasteiger partial charge in [-0.1, -0.05) is 39.8 Å². The van der Waals surface area contributed by atoms with Crippen LogP contribution in [0.3, 0.4) is 0 Å². The zero-order chi connectivity index (χ0) is 13.8. The Kier molecular flexibility index (Phi) is 4.91. The van der Waals surface area contributed by atoms with E-state index in [-0.39, 0.29) is 11.3 Å². The van der Waals surface area contributed by atoms with Crippen LogP contribution in [0.2, 0.25) is 0 Å². The standard InChI is InChI=1S/C15H24N2O/c1-11(15(2,3)4)10-17-14(18)13-7-5-12(9-16)6-8-13/h5-8,11H,9-10,16H2,1-4H3,(H,17,18). The van der Waals surface area contributed by atoms with Crippen LogP contribution in [0.5, 0.6) is 0 Å². The molecule has 0 bridgehead atoms. The van der Waals surface area contributed by atoms with Gasteiger partial charge in [0.2, 0.25) is 0 Å². The van der Waals surface area contributed by atoms with Crippen molar-refractivity contribution in [3.63, 3.8) is 0 Å². The molecule has 3 N–H and O–H groups in total. The van der Waals surface area contributed by atoms with Crippen LogP contribution >= 0.6 is 0 Å². The van der Waals surface area contributed by atoms with Crippen LogP contribution in [0, 0.1) is 11.3 Å². The van der Waals surface area contributed by atoms with Gasteiger partial charge >= 0.3 is 0 Å². The molecular formula is C15H24N2O. The number of benzene rings is 1. The van der Waals surface area contributed by atoms with Crippen LogP contribution in [-0.2, 0) is 6.54 Å². The van der Waals surface area contributed by atoms with E-state index in [1.54, 1.807) is 0 Å². The van der Waals surface area contributed by atoms with E-state index < -0.39 is 0 Å². The van der Waals surface area contributed by atoms with Crippen molar-refractivity contribution in [1.82, 2.24) is 5.32 Å². The second kappa shape index (κ2) is 6.01. The van der Waals surface area contributed by atoms with Crippen molar-refractivity contribution < 1.29 is 4.79 Å². The first-order valence-corrected chi connectivity index (χ1v) is 6.42. The summed E-state index contributed by atoms with van der Waals surface area (Å²) in [4.78, 5) is 11.9. The lowest BCUT2D eigenvalue weighted by atomic mass is 9.82. The maximum Gasteiger partial charge on any atom is 0.251 e. The van der Waals surface area contributed by atoms with E-state index in [4.69, 9.17) is 5.73 Å². The Morgan fingerprint density at radius 3 is 2.28 bits per heavy atom. The molecule has 0 spiro atoms. The Morgan fingerprint density at radius 2 is 1.83 bits per heavy atom. The molecule has 0 heterocycles. The zero-order valence-corrected chi connectivity index (χ0v) is 11.8. The van der Waals surface area contributed by atoms with Gasteiger partial charge in [0.25, 0.3) is 5.91 Å². The van der Waals surface area contributed by atoms with Gasteiger partial charge in [-0.25, -0.2) is 0 Å². The molecule has 0 aromatic heterocycles. The predicted octanol–water partition coefficient (Wildman–Crippen LogP) is 2.56. The summed E-state index contributed by atoms with van der Waals surface area (Å²) < 4.78 is 0. The minimum atomic E-state index is -0.0188. The van der Waals surface area contributed by atoms with Crippen LogP contribution in [0.15, 0.2) is 24.3 Å². The lowest BCUT2D eigenvalue weighted by Gasteiger charge is -2.27. The minimum Gasteiger partial charge on any atom is -0.352 e. The largest absolute Gasteiger partial charge is 0.352 e. The third-order valence-electron chi connectivity index (χ3n) is 3.50. The molecule has 100 valence electrons. The van der Waals surface area contributed by atoms with Crippen LogP contribution in [-0.4, -0.2) is 12.5 Å². The van der Waals surface area contributed by atoms with Crippen molar-refractivity contribution >= 4 is 5.91 Å². The number of carbonyl (C=O) groups is 1. The summed E-state index contributed by atoms with van der Waals surface area (Å²) in [5, 5.41) is 2.97. The van der Waals surface area contributed by atoms with Gasteiger partial charge in [0.15, 0.2) is 0 Å². The van der Waals surface area contributed by atoms with E-state index in [2.05, 4.69) is 33.0 Å². The Morgan fingerprint density at radius 1 is 1.28 bits per heavy atom. The van der Waals surface area contributed by atoms with E-state index in [9.17, 15) is 4.79 Å². The van der Waals surface area contributed by atoms with Crippen LogP contribution in [0.25, 0.3) is 0 Å². The molecule has 1 aromatic rings. The highest BCUT2D eigenvalue weighted by Gasteiger charge is 2.20. The first-order valence-electron chi connectivity index (χ1n) is 6.42. The molecule has 0 saturated carbocycles. The van der Waals surface area contributed by atoms with Crippen molar-refractivity contribution in [2.24, 2.45) is 17.1 Å². The third kappa shape index (κ3) is 4.15. The number of amides is 1. The molecule has 1 unspecified atom stereocenters. The molecule has 1 aromatic carbocycles. The third-order valence-corrected chi connectivity index (χ3v) is 3.50. The molecule has 1 rings (SSSR count). The molecule has 1 amide bonds. The number of rotatable bonds is 4. The first kappa shape index (κ1) is 14.7. The molecule has 0 aliphatic carbocycles. The van der Waals surface area contributed by atoms with E-state index in [1.165, 1.54) is 0 Å². The number of nitrogens with two attached hydrogens (primary N) is 1. The number of hydrogen-bond donors (Lipinski definition) is 2. The van der Waals surface area contributed by atoms with E-state index in [0.29, 0.717) is 24.6 Å². The monoisotopic (exact) mass is 248 g/mol. The highest BCUT2D eigenvalue weighted by Crippen LogP contribution is 2.24. The van der Waals surface area contributed by atoms with Crippen molar-refractivity contribution in [2.75, 3.05) is 6.54 Å². The lowest BCUT2D eigenvalue weighted by Crippen LogP contribution is -2.33. The van der Waals surface area contributed by atoms with E-state index in [0.717, 1.165) is 5.56 Å². The maximum absolute atomic E-state index is 11.9. The quantitative estimate of drug-likeness (QED) is 0.860. The van der Waals surface area contributed by atoms with Gasteiger partial charge in [-0.15, -0.1) is 0 Å². The van der Waals surface area contributed by atoms with Gasteiger partial charge < -0.3 is 11.1 Å². The van der Waals surface area contributed by atoms with Crippen LogP contribution in [0.1, 0.15) is 43.6 Å². The summed E-state index contributed by atoms with van der Waals surface area (Å²) >= 11 is 0. The average Bonchev–Trinajstić information content (AvgIpc) is 2.34. The molecule has 0 aliphatic heterocycles. The smallest absolute Gasteiger partial charge is 0.251 e. The average molecular weight is 248 g/mol. The van der Waals surface area contributed by atoms with Gasteiger partial charge in [0.05, 0.1) is 0 Å². The summed E-state index contributed by atoms with van der Waals surface area (Å²) in [6, 6.07) is 7.42. The molecule has 18 heavy (non-hydrogen) atoms. The van der Waals surface area contributed by atoms with Crippen molar-refractivity contribution in [2.45, 2.75) is 34.2 Å². The molecule has 0 saturated heterocycles. The van der Waals surface area contributed by atoms with E-state index in [1.807, 2.05) is 24.3 Å². The highest BCUT2D eigenvalue weighted by atomic mass is 16.1. The lowest BCUT2D eigenvalue weighted by molar-refractivity contribution is 0.0937. The summed E-state index contributed by atoms with van der Waals surface area (Å²) in [5.41, 5.74) is 7.45. The summed E-state index contributed by atoms with van der Waals surface area (Å²) in [6.07, 6.45) is 0. The van der Waals surface area contributed by atoms with E-state index >= 15 is 0 Å². The summed E-state index contributed by atoms with van der Waals surface area (Å²) in [6.45, 7) is 9.89. The van der Waals surface area contributed by atoms with Crippen LogP contribution in [0.4, 0.5) is 0 Å². The fraction of sp³-hybridized carbons (Fsp3) is 0.533. The van der Waals surface area contributed by atoms with Crippen molar-refractivity contribution in [1.29, 1.82) is 0 Å². The number of carbonyl (C=O) groups excluding carboxylic acids is 1. The van der Waals surface area contributed by atoms with Crippen molar-refractivity contribution in [3.05, 3.63) is 35.4 Å². The molecular weight excluding hydrogens is 224 g/mol.